The number of ether oxygens (including phenoxy) is 1. The number of nitrogens with zero attached hydrogens (tertiary/aromatic N) is 3. The Morgan fingerprint density at radius 2 is 1.93 bits per heavy atom. The molecule has 2 N–H and O–H groups in total. The Morgan fingerprint density at radius 1 is 1.21 bits per heavy atom. The third-order valence-electron chi connectivity index (χ3n) is 7.27. The zero-order valence-electron chi connectivity index (χ0n) is 17.7. The van der Waals surface area contributed by atoms with E-state index in [0.29, 0.717) is 30.0 Å². The maximum atomic E-state index is 12.0. The first-order valence-corrected chi connectivity index (χ1v) is 11.1. The zero-order chi connectivity index (χ0) is 19.7. The molecule has 7 nitrogen and oxygen atoms in total. The van der Waals surface area contributed by atoms with Crippen molar-refractivity contribution in [2.75, 3.05) is 46.4 Å². The van der Waals surface area contributed by atoms with Crippen molar-refractivity contribution in [3.05, 3.63) is 0 Å². The summed E-state index contributed by atoms with van der Waals surface area (Å²) in [6, 6.07) is 0.710. The van der Waals surface area contributed by atoms with Gasteiger partial charge in [0.05, 0.1) is 12.6 Å². The number of fused-ring (bicyclic) bond motifs is 2. The molecule has 2 aliphatic carbocycles. The van der Waals surface area contributed by atoms with Crippen molar-refractivity contribution in [3.8, 4) is 0 Å². The number of carbonyl (C=O) groups excluding carboxylic acids is 1. The molecule has 2 saturated carbocycles. The summed E-state index contributed by atoms with van der Waals surface area (Å²) >= 11 is 0. The molecule has 2 heterocycles. The highest BCUT2D eigenvalue weighted by molar-refractivity contribution is 5.81. The molecule has 7 heteroatoms. The molecule has 28 heavy (non-hydrogen) atoms. The van der Waals surface area contributed by atoms with Crippen LogP contribution in [-0.2, 0) is 9.53 Å². The maximum Gasteiger partial charge on any atom is 0.234 e. The van der Waals surface area contributed by atoms with E-state index in [4.69, 9.17) is 4.74 Å². The summed E-state index contributed by atoms with van der Waals surface area (Å²) in [6.07, 6.45) is 6.91. The van der Waals surface area contributed by atoms with Gasteiger partial charge in [0.25, 0.3) is 0 Å². The van der Waals surface area contributed by atoms with Crippen LogP contribution in [0, 0.1) is 11.3 Å². The number of hydrogen-bond acceptors (Lipinski definition) is 4. The number of amides is 1. The van der Waals surface area contributed by atoms with Gasteiger partial charge in [0.1, 0.15) is 0 Å². The average molecular weight is 392 g/mol. The van der Waals surface area contributed by atoms with E-state index < -0.39 is 0 Å². The molecule has 158 valence electrons. The summed E-state index contributed by atoms with van der Waals surface area (Å²) in [6.45, 7) is 9.05. The number of piperazine rings is 1. The number of carbonyl (C=O) groups is 1. The van der Waals surface area contributed by atoms with Crippen LogP contribution < -0.4 is 10.6 Å². The monoisotopic (exact) mass is 391 g/mol. The number of aliphatic imine (C=N–C) groups is 1. The van der Waals surface area contributed by atoms with Crippen LogP contribution in [0.15, 0.2) is 4.99 Å². The van der Waals surface area contributed by atoms with Gasteiger partial charge in [-0.3, -0.25) is 14.7 Å². The van der Waals surface area contributed by atoms with Gasteiger partial charge in [-0.2, -0.15) is 0 Å². The molecular formula is C21H37N5O2. The van der Waals surface area contributed by atoms with Crippen molar-refractivity contribution in [3.63, 3.8) is 0 Å². The van der Waals surface area contributed by atoms with Crippen LogP contribution in [0.2, 0.25) is 0 Å². The first-order chi connectivity index (χ1) is 13.5. The number of nitrogens with one attached hydrogen (secondary N) is 2. The van der Waals surface area contributed by atoms with Gasteiger partial charge in [0, 0.05) is 63.3 Å². The Morgan fingerprint density at radius 3 is 2.57 bits per heavy atom. The minimum Gasteiger partial charge on any atom is -0.377 e. The van der Waals surface area contributed by atoms with Gasteiger partial charge >= 0.3 is 0 Å². The van der Waals surface area contributed by atoms with E-state index >= 15 is 0 Å². The molecule has 0 bridgehead atoms. The SMILES string of the molecule is CN=C(NC1C2CCOC2C12CCCC2)N1CCN(CC(=O)NC(C)C)CC1. The summed E-state index contributed by atoms with van der Waals surface area (Å²) in [7, 11) is 1.90. The molecule has 2 aliphatic heterocycles. The Bertz CT molecular complexity index is 594. The highest BCUT2D eigenvalue weighted by Crippen LogP contribution is 2.60. The van der Waals surface area contributed by atoms with Crippen molar-refractivity contribution in [1.29, 1.82) is 0 Å². The maximum absolute atomic E-state index is 12.0. The van der Waals surface area contributed by atoms with Gasteiger partial charge in [0.2, 0.25) is 5.91 Å². The van der Waals surface area contributed by atoms with Crippen LogP contribution in [0.25, 0.3) is 0 Å². The summed E-state index contributed by atoms with van der Waals surface area (Å²) in [5, 5.41) is 6.84. The van der Waals surface area contributed by atoms with Crippen LogP contribution in [0.1, 0.15) is 46.0 Å². The van der Waals surface area contributed by atoms with E-state index in [9.17, 15) is 4.79 Å². The average Bonchev–Trinajstić information content (AvgIpc) is 3.31. The minimum atomic E-state index is 0.121. The summed E-state index contributed by atoms with van der Waals surface area (Å²) < 4.78 is 6.12. The van der Waals surface area contributed by atoms with Crippen LogP contribution in [0.5, 0.6) is 0 Å². The molecule has 0 aromatic carbocycles. The van der Waals surface area contributed by atoms with E-state index in [1.54, 1.807) is 0 Å². The fraction of sp³-hybridized carbons (Fsp3) is 0.905. The normalized spacial score (nSPS) is 32.5. The fourth-order valence-corrected chi connectivity index (χ4v) is 6.03. The van der Waals surface area contributed by atoms with E-state index in [-0.39, 0.29) is 11.9 Å². The van der Waals surface area contributed by atoms with Crippen molar-refractivity contribution in [2.24, 2.45) is 16.3 Å². The van der Waals surface area contributed by atoms with Crippen molar-refractivity contribution in [1.82, 2.24) is 20.4 Å². The molecule has 0 aromatic rings. The van der Waals surface area contributed by atoms with E-state index in [1.807, 2.05) is 20.9 Å². The summed E-state index contributed by atoms with van der Waals surface area (Å²) in [4.78, 5) is 21.2. The summed E-state index contributed by atoms with van der Waals surface area (Å²) in [5.41, 5.74) is 0.341. The molecule has 3 atom stereocenters. The molecule has 4 fully saturated rings. The largest absolute Gasteiger partial charge is 0.377 e. The zero-order valence-corrected chi connectivity index (χ0v) is 17.7. The first-order valence-electron chi connectivity index (χ1n) is 11.1. The lowest BCUT2D eigenvalue weighted by atomic mass is 9.54. The van der Waals surface area contributed by atoms with Crippen LogP contribution in [-0.4, -0.2) is 86.2 Å². The van der Waals surface area contributed by atoms with Crippen LogP contribution >= 0.6 is 0 Å². The van der Waals surface area contributed by atoms with Crippen LogP contribution in [0.3, 0.4) is 0 Å². The lowest BCUT2D eigenvalue weighted by Gasteiger charge is -2.57. The van der Waals surface area contributed by atoms with E-state index in [1.165, 1.54) is 32.1 Å². The third kappa shape index (κ3) is 3.63. The Balaban J connectivity index is 1.31. The second-order valence-corrected chi connectivity index (χ2v) is 9.34. The third-order valence-corrected chi connectivity index (χ3v) is 7.27. The number of guanidine groups is 1. The standard InChI is InChI=1S/C21H37N5O2/c1-15(2)23-17(27)14-25-9-11-26(12-10-25)20(22-3)24-18-16-6-13-28-19(16)21(18)7-4-5-8-21/h15-16,18-19H,4-14H2,1-3H3,(H,22,24)(H,23,27). The Hall–Kier alpha value is -1.34. The summed E-state index contributed by atoms with van der Waals surface area (Å²) in [5.74, 6) is 1.81. The predicted molar refractivity (Wildman–Crippen MR) is 110 cm³/mol. The molecule has 1 amide bonds. The quantitative estimate of drug-likeness (QED) is 0.554. The molecule has 0 radical (unpaired) electrons. The molecule has 2 saturated heterocycles. The molecule has 1 spiro atoms. The minimum absolute atomic E-state index is 0.121. The van der Waals surface area contributed by atoms with Gasteiger partial charge in [-0.15, -0.1) is 0 Å². The van der Waals surface area contributed by atoms with E-state index in [2.05, 4.69) is 25.4 Å². The molecule has 4 aliphatic rings. The smallest absolute Gasteiger partial charge is 0.234 e. The van der Waals surface area contributed by atoms with Gasteiger partial charge in [-0.1, -0.05) is 12.8 Å². The number of rotatable bonds is 4. The molecule has 0 aromatic heterocycles. The Kier molecular flexibility index (Phi) is 5.83. The van der Waals surface area contributed by atoms with Gasteiger partial charge < -0.3 is 20.3 Å². The number of hydrogen-bond donors (Lipinski definition) is 2. The van der Waals surface area contributed by atoms with Crippen molar-refractivity contribution < 1.29 is 9.53 Å². The molecular weight excluding hydrogens is 354 g/mol. The fourth-order valence-electron chi connectivity index (χ4n) is 6.03. The Labute approximate surface area is 169 Å². The predicted octanol–water partition coefficient (Wildman–Crippen LogP) is 1.05. The second-order valence-electron chi connectivity index (χ2n) is 9.34. The highest BCUT2D eigenvalue weighted by atomic mass is 16.5. The van der Waals surface area contributed by atoms with Gasteiger partial charge in [-0.05, 0) is 33.1 Å². The molecule has 4 rings (SSSR count). The topological polar surface area (TPSA) is 69.2 Å². The lowest BCUT2D eigenvalue weighted by Crippen LogP contribution is -2.70. The van der Waals surface area contributed by atoms with Gasteiger partial charge in [-0.25, -0.2) is 0 Å². The van der Waals surface area contributed by atoms with Crippen molar-refractivity contribution in [2.45, 2.75) is 64.1 Å². The molecule has 3 unspecified atom stereocenters. The van der Waals surface area contributed by atoms with Crippen molar-refractivity contribution >= 4 is 11.9 Å². The lowest BCUT2D eigenvalue weighted by molar-refractivity contribution is -0.125. The van der Waals surface area contributed by atoms with E-state index in [0.717, 1.165) is 38.7 Å². The van der Waals surface area contributed by atoms with Gasteiger partial charge in [0.15, 0.2) is 5.96 Å². The first kappa shape index (κ1) is 20.0. The van der Waals surface area contributed by atoms with Crippen LogP contribution in [0.4, 0.5) is 0 Å². The second kappa shape index (κ2) is 8.19. The highest BCUT2D eigenvalue weighted by Gasteiger charge is 2.65.